The molecule has 0 amide bonds. The van der Waals surface area contributed by atoms with Crippen molar-refractivity contribution in [2.75, 3.05) is 6.61 Å². The summed E-state index contributed by atoms with van der Waals surface area (Å²) >= 11 is 0. The minimum absolute atomic E-state index is 0.154. The molecule has 138 valence electrons. The summed E-state index contributed by atoms with van der Waals surface area (Å²) in [6, 6.07) is 17.1. The second-order valence-electron chi connectivity index (χ2n) is 6.70. The molecule has 0 aromatic heterocycles. The van der Waals surface area contributed by atoms with Crippen molar-refractivity contribution < 1.29 is 28.6 Å². The second-order valence-corrected chi connectivity index (χ2v) is 6.70. The summed E-state index contributed by atoms with van der Waals surface area (Å²) in [6.07, 6.45) is -1.11. The van der Waals surface area contributed by atoms with Crippen molar-refractivity contribution in [2.24, 2.45) is 11.8 Å². The summed E-state index contributed by atoms with van der Waals surface area (Å²) in [4.78, 5) is 37.1. The first kappa shape index (κ1) is 17.3. The van der Waals surface area contributed by atoms with Crippen molar-refractivity contribution in [3.05, 3.63) is 71.8 Å². The fourth-order valence-corrected chi connectivity index (χ4v) is 3.63. The first-order valence-electron chi connectivity index (χ1n) is 8.82. The van der Waals surface area contributed by atoms with Gasteiger partial charge in [-0.25, -0.2) is 9.59 Å². The van der Waals surface area contributed by atoms with Gasteiger partial charge in [-0.15, -0.1) is 0 Å². The molecule has 2 fully saturated rings. The lowest BCUT2D eigenvalue weighted by Gasteiger charge is -2.23. The molecule has 6 nitrogen and oxygen atoms in total. The average Bonchev–Trinajstić information content (AvgIpc) is 2.99. The molecule has 2 aromatic rings. The molecule has 27 heavy (non-hydrogen) atoms. The average molecular weight is 366 g/mol. The highest BCUT2D eigenvalue weighted by Gasteiger charge is 2.55. The zero-order valence-corrected chi connectivity index (χ0v) is 14.4. The number of ether oxygens (including phenoxy) is 3. The molecule has 1 heterocycles. The monoisotopic (exact) mass is 366 g/mol. The Morgan fingerprint density at radius 2 is 1.33 bits per heavy atom. The Kier molecular flexibility index (Phi) is 4.62. The zero-order chi connectivity index (χ0) is 18.8. The van der Waals surface area contributed by atoms with Crippen LogP contribution in [0.5, 0.6) is 0 Å². The third-order valence-electron chi connectivity index (χ3n) is 4.99. The van der Waals surface area contributed by atoms with Gasteiger partial charge in [-0.05, 0) is 30.7 Å². The van der Waals surface area contributed by atoms with E-state index in [-0.39, 0.29) is 12.5 Å². The van der Waals surface area contributed by atoms with Gasteiger partial charge in [0.1, 0.15) is 6.10 Å². The number of hydrogen-bond donors (Lipinski definition) is 0. The van der Waals surface area contributed by atoms with Crippen LogP contribution in [0.2, 0.25) is 0 Å². The summed E-state index contributed by atoms with van der Waals surface area (Å²) in [5.74, 6) is -2.29. The highest BCUT2D eigenvalue weighted by Crippen LogP contribution is 2.41. The predicted molar refractivity (Wildman–Crippen MR) is 93.8 cm³/mol. The van der Waals surface area contributed by atoms with Crippen molar-refractivity contribution in [3.8, 4) is 0 Å². The fraction of sp³-hybridized carbons (Fsp3) is 0.286. The quantitative estimate of drug-likeness (QED) is 0.611. The zero-order valence-electron chi connectivity index (χ0n) is 14.4. The number of esters is 3. The molecule has 1 aliphatic carbocycles. The van der Waals surface area contributed by atoms with Crippen LogP contribution in [0, 0.1) is 11.8 Å². The van der Waals surface area contributed by atoms with E-state index in [9.17, 15) is 14.4 Å². The Hall–Kier alpha value is -3.15. The van der Waals surface area contributed by atoms with Gasteiger partial charge < -0.3 is 14.2 Å². The molecule has 1 aliphatic heterocycles. The van der Waals surface area contributed by atoms with Gasteiger partial charge in [0.25, 0.3) is 0 Å². The Morgan fingerprint density at radius 1 is 0.815 bits per heavy atom. The molecule has 0 spiro atoms. The molecular weight excluding hydrogens is 348 g/mol. The maximum atomic E-state index is 12.5. The molecule has 2 aliphatic rings. The van der Waals surface area contributed by atoms with E-state index >= 15 is 0 Å². The number of fused-ring (bicyclic) bond motifs is 2. The third-order valence-corrected chi connectivity index (χ3v) is 4.99. The summed E-state index contributed by atoms with van der Waals surface area (Å²) in [7, 11) is 0. The number of carbonyl (C=O) groups is 3. The van der Waals surface area contributed by atoms with E-state index in [0.717, 1.165) is 0 Å². The van der Waals surface area contributed by atoms with Crippen LogP contribution in [0.15, 0.2) is 60.7 Å². The van der Waals surface area contributed by atoms with Gasteiger partial charge in [0, 0.05) is 5.92 Å². The van der Waals surface area contributed by atoms with Crippen molar-refractivity contribution in [1.82, 2.24) is 0 Å². The number of rotatable bonds is 4. The van der Waals surface area contributed by atoms with E-state index in [0.29, 0.717) is 17.5 Å². The summed E-state index contributed by atoms with van der Waals surface area (Å²) in [5.41, 5.74) is 0.778. The van der Waals surface area contributed by atoms with Crippen LogP contribution in [0.3, 0.4) is 0 Å². The molecule has 6 heteroatoms. The first-order valence-corrected chi connectivity index (χ1v) is 8.82. The minimum atomic E-state index is -0.856. The summed E-state index contributed by atoms with van der Waals surface area (Å²) in [6.45, 7) is 0.154. The molecule has 0 radical (unpaired) electrons. The lowest BCUT2D eigenvalue weighted by Crippen LogP contribution is -2.37. The van der Waals surface area contributed by atoms with E-state index in [1.165, 1.54) is 0 Å². The maximum Gasteiger partial charge on any atom is 0.338 e. The van der Waals surface area contributed by atoms with Gasteiger partial charge in [-0.2, -0.15) is 0 Å². The molecule has 0 unspecified atom stereocenters. The van der Waals surface area contributed by atoms with Crippen LogP contribution < -0.4 is 0 Å². The minimum Gasteiger partial charge on any atom is -0.465 e. The van der Waals surface area contributed by atoms with Crippen LogP contribution in [0.25, 0.3) is 0 Å². The predicted octanol–water partition coefficient (Wildman–Crippen LogP) is 2.63. The Bertz CT molecular complexity index is 847. The third kappa shape index (κ3) is 3.43. The second kappa shape index (κ2) is 7.23. The lowest BCUT2D eigenvalue weighted by atomic mass is 10.0. The Labute approximate surface area is 156 Å². The summed E-state index contributed by atoms with van der Waals surface area (Å²) in [5, 5.41) is 0. The van der Waals surface area contributed by atoms with Crippen LogP contribution in [0.4, 0.5) is 0 Å². The van der Waals surface area contributed by atoms with Crippen LogP contribution >= 0.6 is 0 Å². The van der Waals surface area contributed by atoms with Gasteiger partial charge in [0.2, 0.25) is 0 Å². The molecular formula is C21H18O6. The standard InChI is InChI=1S/C21H18O6/c22-19(13-7-3-1-4-8-13)26-17-15-11-16(21(24)25-12-15)18(17)27-20(23)14-9-5-2-6-10-14/h1-10,15-18H,11-12H2/t15-,16-,17-,18+/m1/s1. The van der Waals surface area contributed by atoms with Gasteiger partial charge in [-0.1, -0.05) is 36.4 Å². The molecule has 4 rings (SSSR count). The van der Waals surface area contributed by atoms with E-state index < -0.39 is 36.0 Å². The number of hydrogen-bond acceptors (Lipinski definition) is 6. The van der Waals surface area contributed by atoms with E-state index in [2.05, 4.69) is 0 Å². The van der Waals surface area contributed by atoms with Gasteiger partial charge in [0.05, 0.1) is 23.7 Å². The molecule has 4 atom stereocenters. The highest BCUT2D eigenvalue weighted by atomic mass is 16.6. The van der Waals surface area contributed by atoms with E-state index in [1.54, 1.807) is 60.7 Å². The Morgan fingerprint density at radius 3 is 1.89 bits per heavy atom. The van der Waals surface area contributed by atoms with Gasteiger partial charge >= 0.3 is 17.9 Å². The topological polar surface area (TPSA) is 78.9 Å². The fourth-order valence-electron chi connectivity index (χ4n) is 3.63. The van der Waals surface area contributed by atoms with Crippen molar-refractivity contribution >= 4 is 17.9 Å². The largest absolute Gasteiger partial charge is 0.465 e. The number of carbonyl (C=O) groups excluding carboxylic acids is 3. The van der Waals surface area contributed by atoms with Crippen LogP contribution in [0.1, 0.15) is 27.1 Å². The van der Waals surface area contributed by atoms with Crippen molar-refractivity contribution in [3.63, 3.8) is 0 Å². The van der Waals surface area contributed by atoms with E-state index in [1.807, 2.05) is 0 Å². The molecule has 0 N–H and O–H groups in total. The molecule has 1 saturated carbocycles. The maximum absolute atomic E-state index is 12.5. The highest BCUT2D eigenvalue weighted by molar-refractivity contribution is 5.91. The lowest BCUT2D eigenvalue weighted by molar-refractivity contribution is -0.154. The number of cyclic esters (lactones) is 1. The number of benzene rings is 2. The first-order chi connectivity index (χ1) is 13.1. The molecule has 2 aromatic carbocycles. The molecule has 2 bridgehead atoms. The Balaban J connectivity index is 1.55. The van der Waals surface area contributed by atoms with Gasteiger partial charge in [0.15, 0.2) is 6.10 Å². The van der Waals surface area contributed by atoms with Crippen molar-refractivity contribution in [1.29, 1.82) is 0 Å². The SMILES string of the molecule is O=C(O[C@@H]1[C@H]2COC(=O)[C@H](C2)[C@@H]1OC(=O)c1ccccc1)c1ccccc1. The summed E-state index contributed by atoms with van der Waals surface area (Å²) < 4.78 is 16.5. The molecule has 1 saturated heterocycles. The van der Waals surface area contributed by atoms with Gasteiger partial charge in [-0.3, -0.25) is 4.79 Å². The van der Waals surface area contributed by atoms with Crippen molar-refractivity contribution in [2.45, 2.75) is 18.6 Å². The smallest absolute Gasteiger partial charge is 0.338 e. The normalized spacial score (nSPS) is 26.1. The van der Waals surface area contributed by atoms with Crippen LogP contribution in [-0.4, -0.2) is 36.7 Å². The van der Waals surface area contributed by atoms with E-state index in [4.69, 9.17) is 14.2 Å². The van der Waals surface area contributed by atoms with Crippen LogP contribution in [-0.2, 0) is 19.0 Å².